The average molecular weight is 261 g/mol. The third-order valence-corrected chi connectivity index (χ3v) is 3.36. The van der Waals surface area contributed by atoms with E-state index in [0.717, 1.165) is 12.8 Å². The molecule has 1 aliphatic rings. The van der Waals surface area contributed by atoms with Crippen LogP contribution in [0.5, 0.6) is 11.5 Å². The lowest BCUT2D eigenvalue weighted by Gasteiger charge is -2.15. The van der Waals surface area contributed by atoms with Crippen LogP contribution in [-0.4, -0.2) is 24.8 Å². The van der Waals surface area contributed by atoms with Gasteiger partial charge in [-0.15, -0.1) is 0 Å². The second-order valence-electron chi connectivity index (χ2n) is 4.79. The van der Waals surface area contributed by atoms with Crippen LogP contribution in [0.2, 0.25) is 0 Å². The number of hydrogen-bond donors (Lipinski definition) is 1. The summed E-state index contributed by atoms with van der Waals surface area (Å²) >= 11 is 0. The highest BCUT2D eigenvalue weighted by Crippen LogP contribution is 2.48. The van der Waals surface area contributed by atoms with Crippen LogP contribution in [0, 0.1) is 16.7 Å². The summed E-state index contributed by atoms with van der Waals surface area (Å²) in [4.78, 5) is 11.1. The number of carboxylic acids is 1. The van der Waals surface area contributed by atoms with E-state index in [9.17, 15) is 4.79 Å². The molecule has 0 aromatic heterocycles. The second kappa shape index (κ2) is 5.19. The minimum atomic E-state index is -1.04. The van der Waals surface area contributed by atoms with E-state index in [-0.39, 0.29) is 16.7 Å². The first kappa shape index (κ1) is 13.2. The van der Waals surface area contributed by atoms with Crippen LogP contribution in [0.3, 0.4) is 0 Å². The van der Waals surface area contributed by atoms with E-state index >= 15 is 0 Å². The molecule has 0 atom stereocenters. The van der Waals surface area contributed by atoms with E-state index in [4.69, 9.17) is 19.8 Å². The fourth-order valence-electron chi connectivity index (χ4n) is 1.87. The number of carboxylic acid groups (broad SMARTS) is 1. The molecule has 5 heteroatoms. The third-order valence-electron chi connectivity index (χ3n) is 3.36. The van der Waals surface area contributed by atoms with Gasteiger partial charge in [0, 0.05) is 17.9 Å². The molecular weight excluding hydrogens is 246 g/mol. The van der Waals surface area contributed by atoms with Crippen LogP contribution in [0.15, 0.2) is 18.2 Å². The number of nitrogens with zero attached hydrogens (tertiary/aromatic N) is 1. The highest BCUT2D eigenvalue weighted by atomic mass is 16.5. The lowest BCUT2D eigenvalue weighted by molar-refractivity contribution is 0.0690. The van der Waals surface area contributed by atoms with Crippen molar-refractivity contribution in [1.82, 2.24) is 0 Å². The maximum Gasteiger partial charge on any atom is 0.339 e. The monoisotopic (exact) mass is 261 g/mol. The lowest BCUT2D eigenvalue weighted by atomic mass is 10.1. The maximum atomic E-state index is 11.1. The normalized spacial score (nSPS) is 15.4. The summed E-state index contributed by atoms with van der Waals surface area (Å²) in [6.45, 7) is 0.369. The summed E-state index contributed by atoms with van der Waals surface area (Å²) in [5.74, 6) is -0.205. The van der Waals surface area contributed by atoms with E-state index in [0.29, 0.717) is 18.8 Å². The van der Waals surface area contributed by atoms with Crippen molar-refractivity contribution in [2.24, 2.45) is 5.41 Å². The molecule has 1 fully saturated rings. The smallest absolute Gasteiger partial charge is 0.339 e. The van der Waals surface area contributed by atoms with Gasteiger partial charge in [0.25, 0.3) is 0 Å². The molecule has 100 valence electrons. The second-order valence-corrected chi connectivity index (χ2v) is 4.79. The molecule has 5 nitrogen and oxygen atoms in total. The molecule has 0 aliphatic heterocycles. The van der Waals surface area contributed by atoms with Gasteiger partial charge in [-0.05, 0) is 25.0 Å². The fourth-order valence-corrected chi connectivity index (χ4v) is 1.87. The van der Waals surface area contributed by atoms with Gasteiger partial charge in [0.05, 0.1) is 19.8 Å². The van der Waals surface area contributed by atoms with Gasteiger partial charge in [-0.3, -0.25) is 0 Å². The van der Waals surface area contributed by atoms with Gasteiger partial charge in [-0.2, -0.15) is 5.26 Å². The molecular formula is C14H15NO4. The Morgan fingerprint density at radius 3 is 2.79 bits per heavy atom. The maximum absolute atomic E-state index is 11.1. The van der Waals surface area contributed by atoms with E-state index in [1.807, 2.05) is 0 Å². The number of rotatable bonds is 6. The third kappa shape index (κ3) is 2.97. The molecule has 1 saturated carbocycles. The molecule has 0 unspecified atom stereocenters. The Morgan fingerprint density at radius 2 is 2.26 bits per heavy atom. The molecule has 2 rings (SSSR count). The van der Waals surface area contributed by atoms with Crippen LogP contribution in [0.4, 0.5) is 0 Å². The van der Waals surface area contributed by atoms with Crippen molar-refractivity contribution in [2.75, 3.05) is 13.7 Å². The largest absolute Gasteiger partial charge is 0.497 e. The molecule has 1 aliphatic carbocycles. The molecule has 0 radical (unpaired) electrons. The molecule has 1 N–H and O–H groups in total. The van der Waals surface area contributed by atoms with Crippen molar-refractivity contribution in [1.29, 1.82) is 5.26 Å². The Hall–Kier alpha value is -2.22. The Labute approximate surface area is 111 Å². The van der Waals surface area contributed by atoms with Crippen molar-refractivity contribution in [2.45, 2.75) is 19.3 Å². The molecule has 1 aromatic rings. The van der Waals surface area contributed by atoms with Crippen LogP contribution in [-0.2, 0) is 0 Å². The summed E-state index contributed by atoms with van der Waals surface area (Å²) in [5, 5.41) is 17.8. The highest BCUT2D eigenvalue weighted by Gasteiger charge is 2.43. The number of hydrogen-bond acceptors (Lipinski definition) is 4. The van der Waals surface area contributed by atoms with E-state index in [1.54, 1.807) is 12.1 Å². The van der Waals surface area contributed by atoms with Gasteiger partial charge in [0.2, 0.25) is 0 Å². The van der Waals surface area contributed by atoms with Gasteiger partial charge in [-0.25, -0.2) is 4.79 Å². The molecule has 19 heavy (non-hydrogen) atoms. The van der Waals surface area contributed by atoms with Crippen molar-refractivity contribution >= 4 is 5.97 Å². The van der Waals surface area contributed by atoms with Gasteiger partial charge < -0.3 is 14.6 Å². The van der Waals surface area contributed by atoms with Gasteiger partial charge in [0.15, 0.2) is 0 Å². The summed E-state index contributed by atoms with van der Waals surface area (Å²) in [6.07, 6.45) is 2.35. The fraction of sp³-hybridized carbons (Fsp3) is 0.429. The molecule has 0 heterocycles. The number of methoxy groups -OCH3 is 1. The Morgan fingerprint density at radius 1 is 1.53 bits per heavy atom. The zero-order valence-corrected chi connectivity index (χ0v) is 10.7. The Kier molecular flexibility index (Phi) is 3.61. The first-order valence-corrected chi connectivity index (χ1v) is 6.01. The standard InChI is InChI=1S/C14H15NO4/c1-18-10-2-3-11(13(16)17)12(8-10)19-9-14(4-5-14)6-7-15/h2-3,8H,4-6,9H2,1H3,(H,16,17). The van der Waals surface area contributed by atoms with E-state index < -0.39 is 5.97 Å². The van der Waals surface area contributed by atoms with Crippen molar-refractivity contribution in [3.05, 3.63) is 23.8 Å². The summed E-state index contributed by atoms with van der Waals surface area (Å²) in [6, 6.07) is 6.75. The predicted molar refractivity (Wildman–Crippen MR) is 67.3 cm³/mol. The predicted octanol–water partition coefficient (Wildman–Crippen LogP) is 2.47. The van der Waals surface area contributed by atoms with E-state index in [2.05, 4.69) is 6.07 Å². The van der Waals surface area contributed by atoms with Gasteiger partial charge >= 0.3 is 5.97 Å². The Balaban J connectivity index is 2.14. The van der Waals surface area contributed by atoms with Crippen molar-refractivity contribution in [3.63, 3.8) is 0 Å². The van der Waals surface area contributed by atoms with Crippen molar-refractivity contribution < 1.29 is 19.4 Å². The Bertz CT molecular complexity index is 529. The topological polar surface area (TPSA) is 79.6 Å². The van der Waals surface area contributed by atoms with E-state index in [1.165, 1.54) is 13.2 Å². The summed E-state index contributed by atoms with van der Waals surface area (Å²) in [5.41, 5.74) is 0.0155. The van der Waals surface area contributed by atoms with Gasteiger partial charge in [-0.1, -0.05) is 0 Å². The quantitative estimate of drug-likeness (QED) is 0.850. The summed E-state index contributed by atoms with van der Waals surface area (Å²) in [7, 11) is 1.51. The first-order valence-electron chi connectivity index (χ1n) is 6.01. The highest BCUT2D eigenvalue weighted by molar-refractivity contribution is 5.91. The van der Waals surface area contributed by atoms with Crippen LogP contribution >= 0.6 is 0 Å². The molecule has 0 spiro atoms. The molecule has 0 amide bonds. The van der Waals surface area contributed by atoms with Crippen LogP contribution in [0.1, 0.15) is 29.6 Å². The lowest BCUT2D eigenvalue weighted by Crippen LogP contribution is -2.14. The zero-order chi connectivity index (χ0) is 13.9. The van der Waals surface area contributed by atoms with Crippen molar-refractivity contribution in [3.8, 4) is 17.6 Å². The average Bonchev–Trinajstić information content (AvgIpc) is 3.16. The number of carbonyl (C=O) groups is 1. The zero-order valence-electron chi connectivity index (χ0n) is 10.7. The number of aromatic carboxylic acids is 1. The number of benzene rings is 1. The molecule has 1 aromatic carbocycles. The van der Waals surface area contributed by atoms with Crippen LogP contribution in [0.25, 0.3) is 0 Å². The number of ether oxygens (including phenoxy) is 2. The minimum Gasteiger partial charge on any atom is -0.497 e. The van der Waals surface area contributed by atoms with Crippen LogP contribution < -0.4 is 9.47 Å². The SMILES string of the molecule is COc1ccc(C(=O)O)c(OCC2(CC#N)CC2)c1. The number of nitriles is 1. The molecule has 0 bridgehead atoms. The molecule has 0 saturated heterocycles. The first-order chi connectivity index (χ1) is 9.10. The minimum absolute atomic E-state index is 0.0897. The van der Waals surface area contributed by atoms with Gasteiger partial charge in [0.1, 0.15) is 17.1 Å². The summed E-state index contributed by atoms with van der Waals surface area (Å²) < 4.78 is 10.7.